The zero-order valence-corrected chi connectivity index (χ0v) is 84.2. The van der Waals surface area contributed by atoms with Crippen molar-refractivity contribution in [3.8, 4) is 12.4 Å². The summed E-state index contributed by atoms with van der Waals surface area (Å²) in [4.78, 5) is 123. The maximum absolute atomic E-state index is 10.7. The van der Waals surface area contributed by atoms with Gasteiger partial charge in [-0.2, -0.15) is 15.5 Å². The number of guanidine groups is 2. The normalized spacial score (nSPS) is 15.4. The van der Waals surface area contributed by atoms with Crippen molar-refractivity contribution >= 4 is 144 Å². The highest BCUT2D eigenvalue weighted by Gasteiger charge is 2.29. The minimum absolute atomic E-state index is 0.259. The number of hydrazone groups is 3. The van der Waals surface area contributed by atoms with Gasteiger partial charge in [0.2, 0.25) is 17.6 Å². The molecule has 8 aromatic rings. The van der Waals surface area contributed by atoms with Gasteiger partial charge in [-0.1, -0.05) is 165 Å². The molecule has 0 atom stereocenters. The van der Waals surface area contributed by atoms with Gasteiger partial charge in [0.25, 0.3) is 30.5 Å². The van der Waals surface area contributed by atoms with Gasteiger partial charge < -0.3 is 64.5 Å². The lowest BCUT2D eigenvalue weighted by Gasteiger charge is -2.40. The summed E-state index contributed by atoms with van der Waals surface area (Å²) in [5.41, 5.74) is 7.71. The lowest BCUT2D eigenvalue weighted by molar-refractivity contribution is -0.486. The van der Waals surface area contributed by atoms with E-state index >= 15 is 0 Å². The van der Waals surface area contributed by atoms with Crippen LogP contribution < -0.4 is 10.6 Å². The molecule has 0 aliphatic carbocycles. The van der Waals surface area contributed by atoms with Crippen LogP contribution in [0.2, 0.25) is 41.2 Å². The lowest BCUT2D eigenvalue weighted by atomic mass is 10.2. The van der Waals surface area contributed by atoms with Crippen LogP contribution in [0.1, 0.15) is 57.9 Å². The van der Waals surface area contributed by atoms with Crippen LogP contribution >= 0.6 is 116 Å². The van der Waals surface area contributed by atoms with Crippen LogP contribution in [0.25, 0.3) is 0 Å². The SMILES string of the molecule is CC(=NC#N)N(C)Cc1ccc(Cl)nc1.CN(C)/C(=C\[N+](=O)[O-])N(C)Cc1ccc(Cl)nc1.CN(C)/C(=N\[N+](=O)[O-])N(C)Cc1ccc(Cl)nc1.CN1CN(C)/C(=N\[N+](=O)[O-])N(Cc2ccc(Cl)nc2)C1.N#CN=C1SCCN1Cc1ccc(Cl)nc1.O=[N+]([O-])/C=C1\NCCCN1Cc1ccc(Cl)nc1.O=[N+]([O-])/C=C1\NCCN1Cc1ccc(Cl)nc1.O=[N+]([O-])/N=C1\SCCN1Cc1ccc(Cl)nc1. The lowest BCUT2D eigenvalue weighted by Crippen LogP contribution is -2.56. The van der Waals surface area contributed by atoms with E-state index in [9.17, 15) is 60.7 Å². The number of amidine groups is 3. The Kier molecular flexibility index (Phi) is 49.6. The van der Waals surface area contributed by atoms with Crippen molar-refractivity contribution in [2.24, 2.45) is 25.3 Å². The summed E-state index contributed by atoms with van der Waals surface area (Å²) in [6.45, 7) is 12.1. The molecule has 47 nitrogen and oxygen atoms in total. The first-order valence-corrected chi connectivity index (χ1v) is 46.0. The fraction of sp³-hybridized carbons (Fsp3) is 0.354. The van der Waals surface area contributed by atoms with E-state index in [0.717, 1.165) is 125 Å². The van der Waals surface area contributed by atoms with Crippen LogP contribution in [0, 0.1) is 83.6 Å². The number of halogens is 8. The summed E-state index contributed by atoms with van der Waals surface area (Å²) in [5, 5.41) is 98.8. The molecule has 5 saturated heterocycles. The molecular weight excluding hydrogens is 2010 g/mol. The molecule has 0 bridgehead atoms. The Balaban J connectivity index is 0.000000244. The molecule has 5 aliphatic rings. The van der Waals surface area contributed by atoms with Crippen molar-refractivity contribution < 1.29 is 29.9 Å². The Morgan fingerprint density at radius 1 is 0.432 bits per heavy atom. The summed E-state index contributed by atoms with van der Waals surface area (Å²) >= 11 is 48.6. The molecule has 2 N–H and O–H groups in total. The summed E-state index contributed by atoms with van der Waals surface area (Å²) in [5.74, 6) is 4.64. The van der Waals surface area contributed by atoms with Gasteiger partial charge in [-0.05, 0) is 113 Å². The molecule has 5 fully saturated rings. The number of hydrogen-bond donors (Lipinski definition) is 2. The molecule has 8 aromatic heterocycles. The third kappa shape index (κ3) is 44.3. The average Bonchev–Trinajstić information content (AvgIpc) is 1.18. The van der Waals surface area contributed by atoms with E-state index in [4.69, 9.17) is 103 Å². The number of nitrogens with zero attached hydrogens (tertiary/aromatic N) is 33. The number of pyridine rings is 8. The number of thioether (sulfide) groups is 2. The Labute approximate surface area is 848 Å². The second-order valence-electron chi connectivity index (χ2n) is 29.9. The molecule has 740 valence electrons. The second-order valence-corrected chi connectivity index (χ2v) is 35.1. The number of nitrogens with one attached hydrogen (secondary N) is 2. The van der Waals surface area contributed by atoms with E-state index in [2.05, 4.69) is 80.7 Å². The van der Waals surface area contributed by atoms with E-state index in [1.165, 1.54) is 11.8 Å². The minimum Gasteiger partial charge on any atom is -0.367 e. The molecule has 0 aromatic carbocycles. The molecule has 13 heterocycles. The van der Waals surface area contributed by atoms with Gasteiger partial charge in [0.05, 0.1) is 33.2 Å². The standard InChI is InChI=1S/C11H15ClN6O2.C11H13ClN4O2.C11H15ClN4O2.C10H14ClN5O2.C10H11ClN4O2.C10H9ClN4S.C10H11ClN4.C9H9ClN4O2S/c1-15-7-16(2)11(14-18(19)20)17(8-15)6-9-3-4-10(12)13-5-9;12-10-3-2-9(6-14-10)7-15-5-1-4-13-11(15)8-16(17)18;1-14(2)11(8-16(17)18)15(3)7-9-4-5-10(12)13-6-9;1-14(2)10(13-16(17)18)15(3)7-8-4-5-9(11)12-6-8;11-9-2-1-8(5-13-9)6-14-4-3-12-10(14)7-15(16)17;11-9-2-1-8(5-13-9)6-15-3-4-16-10(15)14-7-12;1-8(14-7-12)15(2)6-9-3-4-10(11)13-5-9;10-8-2-1-7(5-11-8)6-13-3-4-17-9(13)12-14(15)16/h3-5H,6-8H2,1-2H3;2-3,6,8,13H,1,4-5,7H2;4-6,8H,7H2,1-3H3;4-6H,7H2,1-3H3;1-2,5,7,12H,3-4,6H2;1-2,5H,3-4,6H2;3-5H,6H2,1-2H3;1-2,5H,3-4,6H2/b14-11+;2*11-8+;13-10+;10-7+;;;12-9-. The van der Waals surface area contributed by atoms with Crippen molar-refractivity contribution in [3.63, 3.8) is 0 Å². The summed E-state index contributed by atoms with van der Waals surface area (Å²) in [7, 11) is 16.0. The maximum Gasteiger partial charge on any atom is 0.276 e. The molecule has 0 spiro atoms. The van der Waals surface area contributed by atoms with E-state index in [1.54, 1.807) is 197 Å². The average molecular weight is 2110 g/mol. The minimum atomic E-state index is -0.716. The van der Waals surface area contributed by atoms with Gasteiger partial charge in [0.15, 0.2) is 37.7 Å². The summed E-state index contributed by atoms with van der Waals surface area (Å²) in [6, 6.07) is 28.6. The fourth-order valence-electron chi connectivity index (χ4n) is 12.5. The predicted octanol–water partition coefficient (Wildman–Crippen LogP) is 12.8. The molecule has 0 unspecified atom stereocenters. The van der Waals surface area contributed by atoms with Gasteiger partial charge >= 0.3 is 0 Å². The first-order chi connectivity index (χ1) is 66.1. The van der Waals surface area contributed by atoms with Crippen LogP contribution in [-0.2, 0) is 52.4 Å². The highest BCUT2D eigenvalue weighted by Crippen LogP contribution is 2.25. The van der Waals surface area contributed by atoms with Crippen LogP contribution in [0.4, 0.5) is 0 Å². The Bertz CT molecular complexity index is 5500. The van der Waals surface area contributed by atoms with E-state index < -0.39 is 29.9 Å². The zero-order valence-electron chi connectivity index (χ0n) is 76.5. The predicted molar refractivity (Wildman–Crippen MR) is 534 cm³/mol. The van der Waals surface area contributed by atoms with Gasteiger partial charge in [0, 0.05) is 209 Å². The quantitative estimate of drug-likeness (QED) is 0.0142. The Morgan fingerprint density at radius 2 is 0.791 bits per heavy atom. The zero-order chi connectivity index (χ0) is 102. The molecule has 13 rings (SSSR count). The third-order valence-electron chi connectivity index (χ3n) is 18.6. The van der Waals surface area contributed by atoms with Crippen LogP contribution in [0.15, 0.2) is 208 Å². The van der Waals surface area contributed by atoms with Crippen molar-refractivity contribution in [1.29, 1.82) is 10.5 Å². The monoisotopic (exact) mass is 2110 g/mol. The molecule has 57 heteroatoms. The van der Waals surface area contributed by atoms with Gasteiger partial charge in [-0.15, -0.1) is 4.99 Å². The summed E-state index contributed by atoms with van der Waals surface area (Å²) in [6.07, 6.45) is 20.9. The van der Waals surface area contributed by atoms with Crippen molar-refractivity contribution in [3.05, 3.63) is 329 Å². The smallest absolute Gasteiger partial charge is 0.276 e. The molecule has 0 radical (unpaired) electrons. The number of nitriles is 2. The molecular formula is C82H97Cl8N35O12S2. The highest BCUT2D eigenvalue weighted by atomic mass is 35.5. The van der Waals surface area contributed by atoms with Gasteiger partial charge in [-0.25, -0.2) is 70.2 Å². The first kappa shape index (κ1) is 114. The number of aliphatic imine (C=N–C) groups is 2. The van der Waals surface area contributed by atoms with Crippen molar-refractivity contribution in [2.75, 3.05) is 128 Å². The Morgan fingerprint density at radius 3 is 1.14 bits per heavy atom. The number of hydrogen-bond acceptors (Lipinski definition) is 33. The molecule has 5 aliphatic heterocycles. The number of nitro groups is 6. The second kappa shape index (κ2) is 60.3. The van der Waals surface area contributed by atoms with Gasteiger partial charge in [-0.3, -0.25) is 35.2 Å². The topological polar surface area (TPSA) is 534 Å². The van der Waals surface area contributed by atoms with E-state index in [1.807, 2.05) is 98.2 Å². The molecule has 0 amide bonds. The molecule has 139 heavy (non-hydrogen) atoms. The van der Waals surface area contributed by atoms with E-state index in [-0.39, 0.29) is 5.96 Å². The van der Waals surface area contributed by atoms with Crippen molar-refractivity contribution in [2.45, 2.75) is 65.7 Å². The van der Waals surface area contributed by atoms with Crippen molar-refractivity contribution in [1.82, 2.24) is 109 Å². The molecule has 0 saturated carbocycles. The Hall–Kier alpha value is -13.5. The highest BCUT2D eigenvalue weighted by molar-refractivity contribution is 8.14. The maximum atomic E-state index is 10.7. The van der Waals surface area contributed by atoms with Crippen LogP contribution in [0.5, 0.6) is 0 Å². The van der Waals surface area contributed by atoms with Gasteiger partial charge in [0.1, 0.15) is 57.3 Å². The fourth-order valence-corrected chi connectivity index (χ4v) is 15.3. The number of aromatic nitrogens is 8. The van der Waals surface area contributed by atoms with Crippen LogP contribution in [0.3, 0.4) is 0 Å². The third-order valence-corrected chi connectivity index (χ3v) is 22.4. The largest absolute Gasteiger partial charge is 0.367 e. The van der Waals surface area contributed by atoms with E-state index in [0.29, 0.717) is 141 Å². The first-order valence-electron chi connectivity index (χ1n) is 41.0. The number of rotatable bonds is 24. The van der Waals surface area contributed by atoms with Crippen LogP contribution in [-0.4, -0.2) is 284 Å². The summed E-state index contributed by atoms with van der Waals surface area (Å²) < 4.78 is 0.